The molecule has 0 aliphatic rings. The highest BCUT2D eigenvalue weighted by atomic mass is 32.2. The summed E-state index contributed by atoms with van der Waals surface area (Å²) in [5.41, 5.74) is 4.63. The van der Waals surface area contributed by atoms with Crippen molar-refractivity contribution in [1.82, 2.24) is 14.8 Å². The lowest BCUT2D eigenvalue weighted by Gasteiger charge is -2.13. The second-order valence-electron chi connectivity index (χ2n) is 7.81. The van der Waals surface area contributed by atoms with Crippen molar-refractivity contribution in [3.8, 4) is 11.4 Å². The van der Waals surface area contributed by atoms with Crippen LogP contribution in [0.15, 0.2) is 75.6 Å². The predicted octanol–water partition coefficient (Wildman–Crippen LogP) is 5.96. The van der Waals surface area contributed by atoms with Crippen LogP contribution in [0.4, 0.5) is 0 Å². The van der Waals surface area contributed by atoms with E-state index in [1.165, 1.54) is 5.56 Å². The molecule has 0 unspecified atom stereocenters. The number of aromatic nitrogens is 3. The van der Waals surface area contributed by atoms with Crippen LogP contribution in [0.3, 0.4) is 0 Å². The maximum Gasteiger partial charge on any atom is 0.336 e. The van der Waals surface area contributed by atoms with Crippen LogP contribution >= 0.6 is 11.8 Å². The standard InChI is InChI=1S/C25H25N3O2S/c1-5-11-28-24(18-9-7-6-8-10-18)26-27-25(28)31-15-19-13-23(29)30-22-12-17(4)20(16(2)3)14-21(19)22/h5-10,12-14,16H,1,11,15H2,2-4H3. The Labute approximate surface area is 185 Å². The van der Waals surface area contributed by atoms with E-state index in [1.807, 2.05) is 47.0 Å². The fourth-order valence-electron chi connectivity index (χ4n) is 3.77. The van der Waals surface area contributed by atoms with Crippen LogP contribution in [0.1, 0.15) is 36.5 Å². The Balaban J connectivity index is 1.71. The van der Waals surface area contributed by atoms with E-state index in [0.29, 0.717) is 23.8 Å². The molecule has 2 aromatic carbocycles. The van der Waals surface area contributed by atoms with Crippen molar-refractivity contribution in [1.29, 1.82) is 0 Å². The number of thioether (sulfide) groups is 1. The molecular formula is C25H25N3O2S. The second kappa shape index (κ2) is 8.94. The first kappa shape index (κ1) is 21.1. The van der Waals surface area contributed by atoms with Crippen LogP contribution in [0.2, 0.25) is 0 Å². The monoisotopic (exact) mass is 431 g/mol. The van der Waals surface area contributed by atoms with Crippen molar-refractivity contribution in [2.45, 2.75) is 44.1 Å². The molecule has 0 atom stereocenters. The van der Waals surface area contributed by atoms with Crippen molar-refractivity contribution in [2.24, 2.45) is 0 Å². The molecule has 0 aliphatic carbocycles. The van der Waals surface area contributed by atoms with E-state index in [1.54, 1.807) is 17.8 Å². The zero-order valence-corrected chi connectivity index (χ0v) is 18.8. The van der Waals surface area contributed by atoms with Gasteiger partial charge in [0.15, 0.2) is 11.0 Å². The van der Waals surface area contributed by atoms with Gasteiger partial charge >= 0.3 is 5.63 Å². The summed E-state index contributed by atoms with van der Waals surface area (Å²) >= 11 is 1.56. The third-order valence-corrected chi connectivity index (χ3v) is 6.27. The average molecular weight is 432 g/mol. The van der Waals surface area contributed by atoms with Gasteiger partial charge in [-0.1, -0.05) is 62.0 Å². The summed E-state index contributed by atoms with van der Waals surface area (Å²) in [6.07, 6.45) is 1.84. The maximum absolute atomic E-state index is 12.2. The molecule has 0 saturated heterocycles. The van der Waals surface area contributed by atoms with Gasteiger partial charge in [-0.05, 0) is 41.7 Å². The normalized spacial score (nSPS) is 11.4. The first-order chi connectivity index (χ1) is 15.0. The average Bonchev–Trinajstić information content (AvgIpc) is 3.14. The van der Waals surface area contributed by atoms with Crippen molar-refractivity contribution >= 4 is 22.7 Å². The highest BCUT2D eigenvalue weighted by Crippen LogP contribution is 2.31. The Morgan fingerprint density at radius 3 is 2.65 bits per heavy atom. The first-order valence-electron chi connectivity index (χ1n) is 10.3. The Kier molecular flexibility index (Phi) is 6.09. The molecule has 0 bridgehead atoms. The zero-order chi connectivity index (χ0) is 22.0. The van der Waals surface area contributed by atoms with Crippen molar-refractivity contribution < 1.29 is 4.42 Å². The molecule has 0 saturated carbocycles. The number of nitrogens with zero attached hydrogens (tertiary/aromatic N) is 3. The third-order valence-electron chi connectivity index (χ3n) is 5.26. The van der Waals surface area contributed by atoms with Gasteiger partial charge in [0.1, 0.15) is 5.58 Å². The van der Waals surface area contributed by atoms with E-state index in [9.17, 15) is 4.79 Å². The Bertz CT molecular complexity index is 1290. The molecule has 4 rings (SSSR count). The molecule has 6 heteroatoms. The zero-order valence-electron chi connectivity index (χ0n) is 18.0. The van der Waals surface area contributed by atoms with Crippen LogP contribution in [0, 0.1) is 6.92 Å². The fourth-order valence-corrected chi connectivity index (χ4v) is 4.70. The lowest BCUT2D eigenvalue weighted by atomic mass is 9.95. The smallest absolute Gasteiger partial charge is 0.336 e. The summed E-state index contributed by atoms with van der Waals surface area (Å²) in [7, 11) is 0. The van der Waals surface area contributed by atoms with Gasteiger partial charge in [0.25, 0.3) is 0 Å². The van der Waals surface area contributed by atoms with Crippen LogP contribution in [0.5, 0.6) is 0 Å². The SMILES string of the molecule is C=CCn1c(SCc2cc(=O)oc3cc(C)c(C(C)C)cc23)nnc1-c1ccccc1. The summed E-state index contributed by atoms with van der Waals surface area (Å²) in [5, 5.41) is 10.6. The minimum Gasteiger partial charge on any atom is -0.423 e. The van der Waals surface area contributed by atoms with E-state index in [-0.39, 0.29) is 5.63 Å². The van der Waals surface area contributed by atoms with Gasteiger partial charge in [-0.15, -0.1) is 16.8 Å². The second-order valence-corrected chi connectivity index (χ2v) is 8.75. The molecule has 5 nitrogen and oxygen atoms in total. The Hall–Kier alpha value is -3.12. The largest absolute Gasteiger partial charge is 0.423 e. The summed E-state index contributed by atoms with van der Waals surface area (Å²) in [5.74, 6) is 1.78. The highest BCUT2D eigenvalue weighted by Gasteiger charge is 2.16. The summed E-state index contributed by atoms with van der Waals surface area (Å²) in [6, 6.07) is 15.7. The fraction of sp³-hybridized carbons (Fsp3) is 0.240. The van der Waals surface area contributed by atoms with Gasteiger partial charge in [0, 0.05) is 29.3 Å². The number of rotatable bonds is 7. The van der Waals surface area contributed by atoms with Gasteiger partial charge in [-0.25, -0.2) is 4.79 Å². The van der Waals surface area contributed by atoms with Gasteiger partial charge in [0.2, 0.25) is 0 Å². The third kappa shape index (κ3) is 4.35. The molecule has 2 aromatic heterocycles. The number of allylic oxidation sites excluding steroid dienone is 1. The van der Waals surface area contributed by atoms with Crippen LogP contribution < -0.4 is 5.63 Å². The Morgan fingerprint density at radius 1 is 1.16 bits per heavy atom. The number of fused-ring (bicyclic) bond motifs is 1. The molecule has 0 fully saturated rings. The molecule has 4 aromatic rings. The maximum atomic E-state index is 12.2. The number of aryl methyl sites for hydroxylation is 1. The van der Waals surface area contributed by atoms with E-state index in [4.69, 9.17) is 4.42 Å². The minimum atomic E-state index is -0.336. The quantitative estimate of drug-likeness (QED) is 0.205. The minimum absolute atomic E-state index is 0.336. The molecule has 0 N–H and O–H groups in total. The van der Waals surface area contributed by atoms with Crippen molar-refractivity contribution in [3.63, 3.8) is 0 Å². The van der Waals surface area contributed by atoms with Gasteiger partial charge < -0.3 is 4.42 Å². The van der Waals surface area contributed by atoms with Crippen LogP contribution in [0.25, 0.3) is 22.4 Å². The summed E-state index contributed by atoms with van der Waals surface area (Å²) in [4.78, 5) is 12.2. The molecule has 158 valence electrons. The van der Waals surface area contributed by atoms with Gasteiger partial charge in [-0.3, -0.25) is 4.57 Å². The summed E-state index contributed by atoms with van der Waals surface area (Å²) < 4.78 is 7.53. The van der Waals surface area contributed by atoms with Gasteiger partial charge in [-0.2, -0.15) is 0 Å². The van der Waals surface area contributed by atoms with Crippen molar-refractivity contribution in [3.05, 3.63) is 88.3 Å². The number of hydrogen-bond acceptors (Lipinski definition) is 5. The molecule has 0 radical (unpaired) electrons. The predicted molar refractivity (Wildman–Crippen MR) is 127 cm³/mol. The first-order valence-corrected chi connectivity index (χ1v) is 11.3. The van der Waals surface area contributed by atoms with Crippen LogP contribution in [-0.2, 0) is 12.3 Å². The van der Waals surface area contributed by atoms with E-state index in [2.05, 4.69) is 43.6 Å². The summed E-state index contributed by atoms with van der Waals surface area (Å²) in [6.45, 7) is 10.9. The molecule has 31 heavy (non-hydrogen) atoms. The number of benzene rings is 2. The Morgan fingerprint density at radius 2 is 1.94 bits per heavy atom. The lowest BCUT2D eigenvalue weighted by Crippen LogP contribution is -2.03. The molecular weight excluding hydrogens is 406 g/mol. The van der Waals surface area contributed by atoms with Crippen molar-refractivity contribution in [2.75, 3.05) is 0 Å². The van der Waals surface area contributed by atoms with E-state index in [0.717, 1.165) is 33.1 Å². The van der Waals surface area contributed by atoms with E-state index < -0.39 is 0 Å². The van der Waals surface area contributed by atoms with E-state index >= 15 is 0 Å². The topological polar surface area (TPSA) is 60.9 Å². The molecule has 0 amide bonds. The molecule has 0 aliphatic heterocycles. The molecule has 2 heterocycles. The number of hydrogen-bond donors (Lipinski definition) is 0. The van der Waals surface area contributed by atoms with Crippen LogP contribution in [-0.4, -0.2) is 14.8 Å². The lowest BCUT2D eigenvalue weighted by molar-refractivity contribution is 0.559. The molecule has 0 spiro atoms. The highest BCUT2D eigenvalue weighted by molar-refractivity contribution is 7.98. The van der Waals surface area contributed by atoms with Gasteiger partial charge in [0.05, 0.1) is 0 Å².